The number of oxazole rings is 1. The van der Waals surface area contributed by atoms with Crippen molar-refractivity contribution >= 4 is 62.8 Å². The Kier molecular flexibility index (Phi) is 4.87. The highest BCUT2D eigenvalue weighted by Crippen LogP contribution is 2.31. The van der Waals surface area contributed by atoms with Crippen LogP contribution in [0.2, 0.25) is 5.02 Å². The summed E-state index contributed by atoms with van der Waals surface area (Å²) in [6.07, 6.45) is 0.405. The molecule has 3 aromatic rings. The molecule has 1 N–H and O–H groups in total. The number of hydrogen-bond acceptors (Lipinski definition) is 4. The molecule has 0 fully saturated rings. The van der Waals surface area contributed by atoms with Crippen LogP contribution in [-0.4, -0.2) is 10.8 Å². The van der Waals surface area contributed by atoms with Crippen molar-refractivity contribution in [1.82, 2.24) is 4.98 Å². The number of nitrogens with zero attached hydrogens (tertiary/aromatic N) is 1. The minimum atomic E-state index is 0.129. The number of carbonyl (C=O) groups excluding carboxylic acids is 1. The predicted molar refractivity (Wildman–Crippen MR) is 101 cm³/mol. The third kappa shape index (κ3) is 3.50. The van der Waals surface area contributed by atoms with Crippen molar-refractivity contribution in [3.8, 4) is 0 Å². The molecule has 0 aliphatic carbocycles. The molecule has 0 atom stereocenters. The lowest BCUT2D eigenvalue weighted by atomic mass is 10.0. The zero-order chi connectivity index (χ0) is 16.4. The van der Waals surface area contributed by atoms with Gasteiger partial charge in [0.15, 0.2) is 5.58 Å². The number of halogens is 2. The van der Waals surface area contributed by atoms with Crippen LogP contribution in [0.25, 0.3) is 11.1 Å². The molecule has 0 spiro atoms. The van der Waals surface area contributed by atoms with Crippen LogP contribution in [0, 0.1) is 0 Å². The van der Waals surface area contributed by atoms with E-state index in [2.05, 4.69) is 32.9 Å². The molecule has 2 aromatic carbocycles. The van der Waals surface area contributed by atoms with Crippen molar-refractivity contribution in [2.75, 3.05) is 5.32 Å². The first kappa shape index (κ1) is 16.3. The van der Waals surface area contributed by atoms with E-state index in [0.29, 0.717) is 23.0 Å². The number of fused-ring (bicyclic) bond motifs is 1. The van der Waals surface area contributed by atoms with Crippen molar-refractivity contribution in [2.45, 2.75) is 17.8 Å². The Labute approximate surface area is 152 Å². The third-order valence-corrected chi connectivity index (χ3v) is 4.54. The van der Waals surface area contributed by atoms with Gasteiger partial charge in [0.2, 0.25) is 0 Å². The lowest BCUT2D eigenvalue weighted by Gasteiger charge is -2.05. The predicted octanol–water partition coefficient (Wildman–Crippen LogP) is 5.29. The molecule has 1 aromatic heterocycles. The van der Waals surface area contributed by atoms with Gasteiger partial charge >= 0.3 is 0 Å². The normalized spacial score (nSPS) is 10.9. The van der Waals surface area contributed by atoms with Gasteiger partial charge in [-0.25, -0.2) is 0 Å². The fraction of sp³-hybridized carbons (Fsp3) is 0.176. The first-order chi connectivity index (χ1) is 11.1. The second-order valence-electron chi connectivity index (χ2n) is 5.19. The van der Waals surface area contributed by atoms with Crippen LogP contribution in [0.3, 0.4) is 0 Å². The molecule has 0 aliphatic rings. The number of alkyl halides is 1. The summed E-state index contributed by atoms with van der Waals surface area (Å²) in [6.45, 7) is 1.59. The second kappa shape index (κ2) is 6.88. The molecule has 4 nitrogen and oxygen atoms in total. The maximum Gasteiger partial charge on any atom is 0.300 e. The number of anilines is 2. The monoisotopic (exact) mass is 440 g/mol. The second-order valence-corrected chi connectivity index (χ2v) is 6.36. The van der Waals surface area contributed by atoms with Crippen LogP contribution in [0.1, 0.15) is 18.1 Å². The maximum absolute atomic E-state index is 11.4. The topological polar surface area (TPSA) is 55.1 Å². The van der Waals surface area contributed by atoms with Gasteiger partial charge in [0.25, 0.3) is 6.01 Å². The van der Waals surface area contributed by atoms with Gasteiger partial charge in [-0.05, 0) is 30.7 Å². The van der Waals surface area contributed by atoms with E-state index in [1.54, 1.807) is 13.0 Å². The van der Waals surface area contributed by atoms with E-state index in [9.17, 15) is 4.79 Å². The summed E-state index contributed by atoms with van der Waals surface area (Å²) in [4.78, 5) is 15.9. The van der Waals surface area contributed by atoms with E-state index < -0.39 is 0 Å². The van der Waals surface area contributed by atoms with Crippen molar-refractivity contribution in [1.29, 1.82) is 0 Å². The van der Waals surface area contributed by atoms with Crippen molar-refractivity contribution in [3.05, 3.63) is 52.5 Å². The summed E-state index contributed by atoms with van der Waals surface area (Å²) in [5.41, 5.74) is 4.21. The van der Waals surface area contributed by atoms with Crippen LogP contribution >= 0.6 is 34.2 Å². The number of Topliss-reactive ketones (excluding diaryl/α,β-unsaturated/α-hetero) is 1. The number of aromatic nitrogens is 1. The molecular weight excluding hydrogens is 427 g/mol. The van der Waals surface area contributed by atoms with E-state index in [1.807, 2.05) is 30.3 Å². The van der Waals surface area contributed by atoms with Gasteiger partial charge in [-0.3, -0.25) is 4.79 Å². The molecule has 1 heterocycles. The number of benzene rings is 2. The van der Waals surface area contributed by atoms with E-state index in [0.717, 1.165) is 26.8 Å². The van der Waals surface area contributed by atoms with Gasteiger partial charge in [-0.1, -0.05) is 52.4 Å². The summed E-state index contributed by atoms with van der Waals surface area (Å²) >= 11 is 8.41. The summed E-state index contributed by atoms with van der Waals surface area (Å²) in [6, 6.07) is 11.6. The third-order valence-electron chi connectivity index (χ3n) is 3.45. The van der Waals surface area contributed by atoms with Gasteiger partial charge in [0, 0.05) is 16.4 Å². The average molecular weight is 441 g/mol. The summed E-state index contributed by atoms with van der Waals surface area (Å²) in [5.74, 6) is 0.129. The van der Waals surface area contributed by atoms with Crippen LogP contribution in [0.5, 0.6) is 0 Å². The quantitative estimate of drug-likeness (QED) is 0.432. The molecule has 3 rings (SSSR count). The van der Waals surface area contributed by atoms with Crippen LogP contribution in [0.15, 0.2) is 40.8 Å². The molecule has 0 saturated carbocycles. The van der Waals surface area contributed by atoms with Crippen molar-refractivity contribution in [3.63, 3.8) is 0 Å². The number of ketones is 1. The van der Waals surface area contributed by atoms with Crippen LogP contribution in [0.4, 0.5) is 11.7 Å². The standard InChI is InChI=1S/C17H14ClIN2O2/c1-10(22)8-11-6-7-15-16(12(11)9-19)23-17(21-15)20-14-5-3-2-4-13(14)18/h2-7H,8-9H2,1H3,(H,20,21). The van der Waals surface area contributed by atoms with E-state index in [-0.39, 0.29) is 5.78 Å². The lowest BCUT2D eigenvalue weighted by molar-refractivity contribution is -0.116. The van der Waals surface area contributed by atoms with Crippen molar-refractivity contribution in [2.24, 2.45) is 0 Å². The molecule has 23 heavy (non-hydrogen) atoms. The van der Waals surface area contributed by atoms with Crippen LogP contribution < -0.4 is 5.32 Å². The van der Waals surface area contributed by atoms with Crippen LogP contribution in [-0.2, 0) is 15.6 Å². The largest absolute Gasteiger partial charge is 0.423 e. The minimum Gasteiger partial charge on any atom is -0.423 e. The number of nitrogens with one attached hydrogen (secondary N) is 1. The minimum absolute atomic E-state index is 0.129. The zero-order valence-electron chi connectivity index (χ0n) is 12.4. The van der Waals surface area contributed by atoms with E-state index in [1.165, 1.54) is 0 Å². The molecule has 6 heteroatoms. The number of rotatable bonds is 5. The Morgan fingerprint density at radius 2 is 2.09 bits per heavy atom. The molecule has 0 bridgehead atoms. The zero-order valence-corrected chi connectivity index (χ0v) is 15.3. The summed E-state index contributed by atoms with van der Waals surface area (Å²) in [5, 5.41) is 3.69. The van der Waals surface area contributed by atoms with Gasteiger partial charge in [-0.2, -0.15) is 4.98 Å². The number of carbonyl (C=O) groups is 1. The molecule has 0 radical (unpaired) electrons. The Balaban J connectivity index is 2.01. The average Bonchev–Trinajstić information content (AvgIpc) is 2.91. The van der Waals surface area contributed by atoms with Gasteiger partial charge < -0.3 is 9.73 Å². The molecule has 118 valence electrons. The summed E-state index contributed by atoms with van der Waals surface area (Å²) in [7, 11) is 0. The summed E-state index contributed by atoms with van der Waals surface area (Å²) < 4.78 is 6.62. The van der Waals surface area contributed by atoms with E-state index in [4.69, 9.17) is 16.0 Å². The molecule has 0 saturated heterocycles. The Morgan fingerprint density at radius 3 is 2.78 bits per heavy atom. The smallest absolute Gasteiger partial charge is 0.300 e. The highest BCUT2D eigenvalue weighted by atomic mass is 127. The van der Waals surface area contributed by atoms with Gasteiger partial charge in [0.05, 0.1) is 10.7 Å². The maximum atomic E-state index is 11.4. The number of para-hydroxylation sites is 1. The highest BCUT2D eigenvalue weighted by Gasteiger charge is 2.15. The molecule has 0 aliphatic heterocycles. The van der Waals surface area contributed by atoms with Gasteiger partial charge in [0.1, 0.15) is 11.3 Å². The Hall–Kier alpha value is -1.60. The first-order valence-electron chi connectivity index (χ1n) is 7.06. The fourth-order valence-corrected chi connectivity index (χ4v) is 3.42. The Bertz CT molecular complexity index is 876. The Morgan fingerprint density at radius 1 is 1.30 bits per heavy atom. The van der Waals surface area contributed by atoms with E-state index >= 15 is 0 Å². The first-order valence-corrected chi connectivity index (χ1v) is 8.97. The SMILES string of the molecule is CC(=O)Cc1ccc2nc(Nc3ccccc3Cl)oc2c1CI. The van der Waals surface area contributed by atoms with Crippen molar-refractivity contribution < 1.29 is 9.21 Å². The molecule has 0 amide bonds. The number of hydrogen-bond donors (Lipinski definition) is 1. The lowest BCUT2D eigenvalue weighted by Crippen LogP contribution is -2.00. The van der Waals surface area contributed by atoms with Gasteiger partial charge in [-0.15, -0.1) is 0 Å². The molecule has 0 unspecified atom stereocenters. The highest BCUT2D eigenvalue weighted by molar-refractivity contribution is 14.1. The molecular formula is C17H14ClIN2O2. The fourth-order valence-electron chi connectivity index (χ4n) is 2.40.